The Morgan fingerprint density at radius 2 is 2.12 bits per heavy atom. The van der Waals surface area contributed by atoms with E-state index in [1.165, 1.54) is 21.8 Å². The Morgan fingerprint density at radius 3 is 2.69 bits per heavy atom. The predicted molar refractivity (Wildman–Crippen MR) is 59.0 cm³/mol. The number of aliphatic carboxylic acids is 2. The molecule has 0 radical (unpaired) electrons. The topological polar surface area (TPSA) is 74.6 Å². The molecule has 86 valence electrons. The average molecular weight is 240 g/mol. The van der Waals surface area contributed by atoms with Crippen molar-refractivity contribution in [3.05, 3.63) is 21.4 Å². The van der Waals surface area contributed by atoms with Crippen molar-refractivity contribution in [1.29, 1.82) is 0 Å². The maximum absolute atomic E-state index is 11.0. The van der Waals surface area contributed by atoms with E-state index in [1.54, 1.807) is 0 Å². The van der Waals surface area contributed by atoms with Crippen molar-refractivity contribution in [2.75, 3.05) is 0 Å². The van der Waals surface area contributed by atoms with Crippen LogP contribution in [0.1, 0.15) is 34.1 Å². The Labute approximate surface area is 96.5 Å². The van der Waals surface area contributed by atoms with Crippen LogP contribution in [0.15, 0.2) is 6.07 Å². The molecule has 0 bridgehead atoms. The zero-order chi connectivity index (χ0) is 11.7. The number of carboxylic acid groups (broad SMARTS) is 2. The van der Waals surface area contributed by atoms with Gasteiger partial charge in [-0.3, -0.25) is 9.59 Å². The van der Waals surface area contributed by atoms with Crippen molar-refractivity contribution in [1.82, 2.24) is 0 Å². The van der Waals surface area contributed by atoms with Crippen LogP contribution in [0.2, 0.25) is 0 Å². The minimum Gasteiger partial charge on any atom is -0.481 e. The molecule has 2 N–H and O–H groups in total. The fourth-order valence-electron chi connectivity index (χ4n) is 2.01. The second-order valence-electron chi connectivity index (χ2n) is 3.94. The molecular weight excluding hydrogens is 228 g/mol. The van der Waals surface area contributed by atoms with E-state index in [4.69, 9.17) is 10.2 Å². The number of hydrogen-bond acceptors (Lipinski definition) is 3. The SMILES string of the molecule is O=C(O)CC(C(=O)O)c1cc2c(s1)CCC2. The highest BCUT2D eigenvalue weighted by Crippen LogP contribution is 2.35. The lowest BCUT2D eigenvalue weighted by Gasteiger charge is -2.06. The van der Waals surface area contributed by atoms with Crippen molar-refractivity contribution in [2.24, 2.45) is 0 Å². The first-order valence-electron chi connectivity index (χ1n) is 5.14. The second kappa shape index (κ2) is 4.25. The monoisotopic (exact) mass is 240 g/mol. The molecule has 1 aromatic heterocycles. The summed E-state index contributed by atoms with van der Waals surface area (Å²) in [6.45, 7) is 0. The maximum Gasteiger partial charge on any atom is 0.312 e. The highest BCUT2D eigenvalue weighted by molar-refractivity contribution is 7.12. The van der Waals surface area contributed by atoms with Crippen LogP contribution in [0.5, 0.6) is 0 Å². The van der Waals surface area contributed by atoms with E-state index in [1.807, 2.05) is 6.07 Å². The highest BCUT2D eigenvalue weighted by Gasteiger charge is 2.27. The van der Waals surface area contributed by atoms with Gasteiger partial charge in [-0.25, -0.2) is 0 Å². The van der Waals surface area contributed by atoms with E-state index in [0.717, 1.165) is 19.3 Å². The summed E-state index contributed by atoms with van der Waals surface area (Å²) in [7, 11) is 0. The molecule has 1 heterocycles. The molecule has 0 saturated carbocycles. The summed E-state index contributed by atoms with van der Waals surface area (Å²) < 4.78 is 0. The zero-order valence-corrected chi connectivity index (χ0v) is 9.42. The number of carbonyl (C=O) groups is 2. The normalized spacial score (nSPS) is 15.8. The molecule has 0 fully saturated rings. The molecule has 1 unspecified atom stereocenters. The van der Waals surface area contributed by atoms with Gasteiger partial charge >= 0.3 is 11.9 Å². The third-order valence-electron chi connectivity index (χ3n) is 2.79. The first-order chi connectivity index (χ1) is 7.58. The van der Waals surface area contributed by atoms with Crippen LogP contribution in [0.4, 0.5) is 0 Å². The van der Waals surface area contributed by atoms with Gasteiger partial charge in [-0.05, 0) is 30.9 Å². The van der Waals surface area contributed by atoms with Crippen LogP contribution >= 0.6 is 11.3 Å². The molecule has 5 heteroatoms. The molecule has 0 aliphatic heterocycles. The zero-order valence-electron chi connectivity index (χ0n) is 8.60. The number of hydrogen-bond donors (Lipinski definition) is 2. The van der Waals surface area contributed by atoms with E-state index in [2.05, 4.69) is 0 Å². The summed E-state index contributed by atoms with van der Waals surface area (Å²) in [5.74, 6) is -3.02. The molecular formula is C11H12O4S. The van der Waals surface area contributed by atoms with Crippen LogP contribution in [0, 0.1) is 0 Å². The second-order valence-corrected chi connectivity index (χ2v) is 5.11. The number of thiophene rings is 1. The van der Waals surface area contributed by atoms with Crippen molar-refractivity contribution in [2.45, 2.75) is 31.6 Å². The molecule has 0 spiro atoms. The lowest BCUT2D eigenvalue weighted by atomic mass is 10.0. The summed E-state index contributed by atoms with van der Waals surface area (Å²) >= 11 is 1.46. The molecule has 16 heavy (non-hydrogen) atoms. The first kappa shape index (κ1) is 11.1. The number of aryl methyl sites for hydroxylation is 2. The Kier molecular flexibility index (Phi) is 2.96. The van der Waals surface area contributed by atoms with E-state index >= 15 is 0 Å². The Bertz CT molecular complexity index is 414. The number of rotatable bonds is 4. The molecule has 0 aromatic carbocycles. The first-order valence-corrected chi connectivity index (χ1v) is 5.95. The average Bonchev–Trinajstić information content (AvgIpc) is 2.71. The minimum atomic E-state index is -1.07. The molecule has 2 rings (SSSR count). The van der Waals surface area contributed by atoms with Crippen LogP contribution in [0.3, 0.4) is 0 Å². The van der Waals surface area contributed by atoms with Gasteiger partial charge in [0.15, 0.2) is 0 Å². The van der Waals surface area contributed by atoms with Crippen LogP contribution in [0.25, 0.3) is 0 Å². The Morgan fingerprint density at radius 1 is 1.38 bits per heavy atom. The smallest absolute Gasteiger partial charge is 0.312 e. The van der Waals surface area contributed by atoms with Gasteiger partial charge in [0.2, 0.25) is 0 Å². The van der Waals surface area contributed by atoms with Gasteiger partial charge in [-0.1, -0.05) is 0 Å². The van der Waals surface area contributed by atoms with E-state index in [0.29, 0.717) is 4.88 Å². The molecule has 1 aliphatic rings. The quantitative estimate of drug-likeness (QED) is 0.842. The molecule has 0 saturated heterocycles. The number of carboxylic acids is 2. The Hall–Kier alpha value is -1.36. The van der Waals surface area contributed by atoms with Crippen molar-refractivity contribution in [3.63, 3.8) is 0 Å². The summed E-state index contributed by atoms with van der Waals surface area (Å²) in [6.07, 6.45) is 2.78. The van der Waals surface area contributed by atoms with Gasteiger partial charge in [-0.2, -0.15) is 0 Å². The third-order valence-corrected chi connectivity index (χ3v) is 4.14. The van der Waals surface area contributed by atoms with Gasteiger partial charge in [0.25, 0.3) is 0 Å². The van der Waals surface area contributed by atoms with Crippen LogP contribution < -0.4 is 0 Å². The van der Waals surface area contributed by atoms with E-state index in [-0.39, 0.29) is 6.42 Å². The fourth-order valence-corrected chi connectivity index (χ4v) is 3.36. The van der Waals surface area contributed by atoms with Crippen LogP contribution in [-0.2, 0) is 22.4 Å². The van der Waals surface area contributed by atoms with Crippen molar-refractivity contribution >= 4 is 23.3 Å². The molecule has 1 aliphatic carbocycles. The largest absolute Gasteiger partial charge is 0.481 e. The lowest BCUT2D eigenvalue weighted by Crippen LogP contribution is -2.14. The standard InChI is InChI=1S/C11H12O4S/c12-10(13)5-7(11(14)15)9-4-6-2-1-3-8(6)16-9/h4,7H,1-3,5H2,(H,12,13)(H,14,15). The molecule has 4 nitrogen and oxygen atoms in total. The van der Waals surface area contributed by atoms with Gasteiger partial charge in [0.05, 0.1) is 6.42 Å². The van der Waals surface area contributed by atoms with Gasteiger partial charge < -0.3 is 10.2 Å². The summed E-state index contributed by atoms with van der Waals surface area (Å²) in [5, 5.41) is 17.7. The highest BCUT2D eigenvalue weighted by atomic mass is 32.1. The van der Waals surface area contributed by atoms with Gasteiger partial charge in [-0.15, -0.1) is 11.3 Å². The lowest BCUT2D eigenvalue weighted by molar-refractivity contribution is -0.145. The fraction of sp³-hybridized carbons (Fsp3) is 0.455. The van der Waals surface area contributed by atoms with Gasteiger partial charge in [0, 0.05) is 9.75 Å². The molecule has 1 atom stereocenters. The number of fused-ring (bicyclic) bond motifs is 1. The summed E-state index contributed by atoms with van der Waals surface area (Å²) in [5.41, 5.74) is 1.21. The van der Waals surface area contributed by atoms with Crippen LogP contribution in [-0.4, -0.2) is 22.2 Å². The summed E-state index contributed by atoms with van der Waals surface area (Å²) in [4.78, 5) is 23.5. The van der Waals surface area contributed by atoms with E-state index < -0.39 is 17.9 Å². The molecule has 0 amide bonds. The van der Waals surface area contributed by atoms with Gasteiger partial charge in [0.1, 0.15) is 5.92 Å². The van der Waals surface area contributed by atoms with Crippen molar-refractivity contribution in [3.8, 4) is 0 Å². The molecule has 1 aromatic rings. The Balaban J connectivity index is 2.25. The predicted octanol–water partition coefficient (Wildman–Crippen LogP) is 1.88. The summed E-state index contributed by atoms with van der Waals surface area (Å²) in [6, 6.07) is 1.87. The van der Waals surface area contributed by atoms with Crippen molar-refractivity contribution < 1.29 is 19.8 Å². The van der Waals surface area contributed by atoms with E-state index in [9.17, 15) is 9.59 Å². The third kappa shape index (κ3) is 2.09. The minimum absolute atomic E-state index is 0.339. The maximum atomic E-state index is 11.0.